The number of rotatable bonds is 5. The van der Waals surface area contributed by atoms with Gasteiger partial charge in [-0.3, -0.25) is 4.90 Å². The number of methoxy groups -OCH3 is 1. The summed E-state index contributed by atoms with van der Waals surface area (Å²) in [4.78, 5) is 2.23. The van der Waals surface area contributed by atoms with Crippen LogP contribution in [0.5, 0.6) is 5.75 Å². The van der Waals surface area contributed by atoms with E-state index in [1.54, 1.807) is 7.11 Å². The Labute approximate surface area is 120 Å². The van der Waals surface area contributed by atoms with Gasteiger partial charge in [0.1, 0.15) is 11.3 Å². The van der Waals surface area contributed by atoms with Gasteiger partial charge in [0, 0.05) is 13.1 Å². The van der Waals surface area contributed by atoms with Crippen molar-refractivity contribution in [2.45, 2.75) is 25.3 Å². The normalized spacial score (nSPS) is 19.1. The van der Waals surface area contributed by atoms with Gasteiger partial charge in [0.2, 0.25) is 0 Å². The van der Waals surface area contributed by atoms with Gasteiger partial charge in [0.25, 0.3) is 0 Å². The van der Waals surface area contributed by atoms with Crippen LogP contribution in [0, 0.1) is 11.3 Å². The average molecular weight is 274 g/mol. The number of hydrogen-bond donors (Lipinski definition) is 0. The molecular formula is C16H22N2O2. The number of para-hydroxylation sites is 1. The summed E-state index contributed by atoms with van der Waals surface area (Å²) in [5.74, 6) is 0.898. The highest BCUT2D eigenvalue weighted by molar-refractivity contribution is 5.33. The first-order valence-corrected chi connectivity index (χ1v) is 7.05. The van der Waals surface area contributed by atoms with Crippen LogP contribution in [0.15, 0.2) is 24.3 Å². The highest BCUT2D eigenvalue weighted by Gasteiger charge is 2.32. The van der Waals surface area contributed by atoms with Crippen molar-refractivity contribution in [3.05, 3.63) is 29.8 Å². The smallest absolute Gasteiger partial charge is 0.122 e. The molecule has 4 heteroatoms. The van der Waals surface area contributed by atoms with Crippen molar-refractivity contribution in [1.29, 1.82) is 5.26 Å². The lowest BCUT2D eigenvalue weighted by atomic mass is 9.92. The molecule has 1 atom stereocenters. The molecule has 0 radical (unpaired) electrons. The first-order chi connectivity index (χ1) is 9.69. The Bertz CT molecular complexity index is 478. The van der Waals surface area contributed by atoms with Gasteiger partial charge in [0.15, 0.2) is 0 Å². The summed E-state index contributed by atoms with van der Waals surface area (Å²) in [6.07, 6.45) is 1.63. The summed E-state index contributed by atoms with van der Waals surface area (Å²) in [6, 6.07) is 10.5. The summed E-state index contributed by atoms with van der Waals surface area (Å²) < 4.78 is 10.7. The van der Waals surface area contributed by atoms with E-state index in [0.29, 0.717) is 13.2 Å². The molecule has 1 saturated heterocycles. The molecule has 1 unspecified atom stereocenters. The number of ether oxygens (including phenoxy) is 2. The van der Waals surface area contributed by atoms with E-state index < -0.39 is 5.54 Å². The van der Waals surface area contributed by atoms with Gasteiger partial charge in [0.05, 0.1) is 26.4 Å². The summed E-state index contributed by atoms with van der Waals surface area (Å²) in [6.45, 7) is 5.11. The van der Waals surface area contributed by atoms with Crippen molar-refractivity contribution in [3.63, 3.8) is 0 Å². The second-order valence-electron chi connectivity index (χ2n) is 5.30. The third kappa shape index (κ3) is 3.30. The van der Waals surface area contributed by atoms with Crippen molar-refractivity contribution in [2.75, 3.05) is 33.4 Å². The van der Waals surface area contributed by atoms with Crippen molar-refractivity contribution in [3.8, 4) is 11.8 Å². The Morgan fingerprint density at radius 1 is 1.35 bits per heavy atom. The van der Waals surface area contributed by atoms with E-state index >= 15 is 0 Å². The van der Waals surface area contributed by atoms with Crippen LogP contribution < -0.4 is 4.74 Å². The molecule has 20 heavy (non-hydrogen) atoms. The molecular weight excluding hydrogens is 252 g/mol. The van der Waals surface area contributed by atoms with Crippen LogP contribution in [0.4, 0.5) is 0 Å². The highest BCUT2D eigenvalue weighted by Crippen LogP contribution is 2.26. The zero-order valence-corrected chi connectivity index (χ0v) is 12.3. The van der Waals surface area contributed by atoms with Crippen LogP contribution in [0.1, 0.15) is 18.9 Å². The summed E-state index contributed by atoms with van der Waals surface area (Å²) in [7, 11) is 1.68. The zero-order chi connectivity index (χ0) is 14.4. The first-order valence-electron chi connectivity index (χ1n) is 7.05. The third-order valence-electron chi connectivity index (χ3n) is 4.02. The van der Waals surface area contributed by atoms with Crippen LogP contribution in [-0.4, -0.2) is 43.9 Å². The molecule has 0 spiro atoms. The Morgan fingerprint density at radius 3 is 2.70 bits per heavy atom. The Morgan fingerprint density at radius 2 is 2.05 bits per heavy atom. The molecule has 4 nitrogen and oxygen atoms in total. The van der Waals surface area contributed by atoms with Crippen molar-refractivity contribution >= 4 is 0 Å². The average Bonchev–Trinajstić information content (AvgIpc) is 2.53. The monoisotopic (exact) mass is 274 g/mol. The molecule has 0 N–H and O–H groups in total. The van der Waals surface area contributed by atoms with Gasteiger partial charge in [-0.05, 0) is 31.4 Å². The van der Waals surface area contributed by atoms with E-state index in [1.165, 1.54) is 0 Å². The Hall–Kier alpha value is -1.57. The number of nitrogens with zero attached hydrogens (tertiary/aromatic N) is 2. The molecule has 2 rings (SSSR count). The number of hydrogen-bond acceptors (Lipinski definition) is 4. The second-order valence-corrected chi connectivity index (χ2v) is 5.30. The van der Waals surface area contributed by atoms with Crippen LogP contribution >= 0.6 is 0 Å². The maximum absolute atomic E-state index is 9.58. The molecule has 0 amide bonds. The van der Waals surface area contributed by atoms with Gasteiger partial charge in [-0.25, -0.2) is 0 Å². The lowest BCUT2D eigenvalue weighted by Gasteiger charge is -2.38. The molecule has 1 fully saturated rings. The van der Waals surface area contributed by atoms with E-state index in [2.05, 4.69) is 17.0 Å². The molecule has 0 aliphatic carbocycles. The lowest BCUT2D eigenvalue weighted by Crippen LogP contribution is -2.51. The lowest BCUT2D eigenvalue weighted by molar-refractivity contribution is -0.000478. The van der Waals surface area contributed by atoms with E-state index in [-0.39, 0.29) is 0 Å². The molecule has 1 heterocycles. The van der Waals surface area contributed by atoms with Crippen LogP contribution in [0.3, 0.4) is 0 Å². The molecule has 1 aliphatic heterocycles. The minimum atomic E-state index is -0.440. The molecule has 108 valence electrons. The second kappa shape index (κ2) is 6.74. The van der Waals surface area contributed by atoms with Crippen molar-refractivity contribution in [2.24, 2.45) is 0 Å². The first kappa shape index (κ1) is 14.8. The van der Waals surface area contributed by atoms with E-state index in [0.717, 1.165) is 37.2 Å². The summed E-state index contributed by atoms with van der Waals surface area (Å²) in [5, 5.41) is 9.58. The van der Waals surface area contributed by atoms with Gasteiger partial charge >= 0.3 is 0 Å². The quantitative estimate of drug-likeness (QED) is 0.826. The van der Waals surface area contributed by atoms with Gasteiger partial charge in [-0.1, -0.05) is 18.2 Å². The Balaban J connectivity index is 2.04. The fourth-order valence-electron chi connectivity index (χ4n) is 2.63. The van der Waals surface area contributed by atoms with Crippen LogP contribution in [-0.2, 0) is 11.2 Å². The van der Waals surface area contributed by atoms with E-state index in [4.69, 9.17) is 9.47 Å². The number of nitriles is 1. The maximum Gasteiger partial charge on any atom is 0.122 e. The fourth-order valence-corrected chi connectivity index (χ4v) is 2.63. The topological polar surface area (TPSA) is 45.5 Å². The van der Waals surface area contributed by atoms with E-state index in [9.17, 15) is 5.26 Å². The van der Waals surface area contributed by atoms with Gasteiger partial charge < -0.3 is 9.47 Å². The molecule has 1 aromatic carbocycles. The summed E-state index contributed by atoms with van der Waals surface area (Å²) in [5.41, 5.74) is 0.717. The summed E-state index contributed by atoms with van der Waals surface area (Å²) >= 11 is 0. The number of aryl methyl sites for hydroxylation is 1. The number of benzene rings is 1. The predicted octanol–water partition coefficient (Wildman–Crippen LogP) is 2.24. The van der Waals surface area contributed by atoms with Crippen molar-refractivity contribution < 1.29 is 9.47 Å². The molecule has 1 aromatic rings. The molecule has 0 bridgehead atoms. The minimum absolute atomic E-state index is 0.440. The third-order valence-corrected chi connectivity index (χ3v) is 4.02. The van der Waals surface area contributed by atoms with Gasteiger partial charge in [-0.2, -0.15) is 5.26 Å². The van der Waals surface area contributed by atoms with Gasteiger partial charge in [-0.15, -0.1) is 0 Å². The van der Waals surface area contributed by atoms with Crippen LogP contribution in [0.2, 0.25) is 0 Å². The number of morpholine rings is 1. The highest BCUT2D eigenvalue weighted by atomic mass is 16.5. The van der Waals surface area contributed by atoms with Crippen LogP contribution in [0.25, 0.3) is 0 Å². The predicted molar refractivity (Wildman–Crippen MR) is 77.7 cm³/mol. The maximum atomic E-state index is 9.58. The van der Waals surface area contributed by atoms with Crippen molar-refractivity contribution in [1.82, 2.24) is 4.90 Å². The zero-order valence-electron chi connectivity index (χ0n) is 12.3. The fraction of sp³-hybridized carbons (Fsp3) is 0.562. The Kier molecular flexibility index (Phi) is 4.99. The standard InChI is InChI=1S/C16H22N2O2/c1-16(13-17,18-9-11-20-12-10-18)8-7-14-5-3-4-6-15(14)19-2/h3-6H,7-12H2,1-2H3. The largest absolute Gasteiger partial charge is 0.496 e. The SMILES string of the molecule is COc1ccccc1CCC(C)(C#N)N1CCOCC1. The molecule has 1 aliphatic rings. The van der Waals surface area contributed by atoms with E-state index in [1.807, 2.05) is 25.1 Å². The molecule has 0 aromatic heterocycles. The minimum Gasteiger partial charge on any atom is -0.496 e. The molecule has 0 saturated carbocycles.